The number of rotatable bonds is 4. The van der Waals surface area contributed by atoms with Gasteiger partial charge in [0.25, 0.3) is 5.88 Å². The smallest absolute Gasteiger partial charge is 0.267 e. The molecule has 3 heterocycles. The number of aromatic amines is 1. The predicted octanol–water partition coefficient (Wildman–Crippen LogP) is 1.98. The van der Waals surface area contributed by atoms with E-state index in [1.165, 1.54) is 0 Å². The molecule has 0 radical (unpaired) electrons. The number of H-pyrrole nitrogens is 1. The van der Waals surface area contributed by atoms with Gasteiger partial charge in [-0.15, -0.1) is 5.10 Å². The fourth-order valence-corrected chi connectivity index (χ4v) is 1.78. The molecule has 3 rings (SSSR count). The Labute approximate surface area is 109 Å². The molecule has 0 amide bonds. The van der Waals surface area contributed by atoms with E-state index >= 15 is 0 Å². The van der Waals surface area contributed by atoms with E-state index in [9.17, 15) is 0 Å². The zero-order valence-corrected chi connectivity index (χ0v) is 10.7. The van der Waals surface area contributed by atoms with Crippen molar-refractivity contribution in [3.05, 3.63) is 30.4 Å². The SMILES string of the molecule is CCNc1cn2ccnc2c(Oc2cc(C)[nH]n2)n1. The highest BCUT2D eigenvalue weighted by atomic mass is 16.5. The van der Waals surface area contributed by atoms with Crippen molar-refractivity contribution in [3.63, 3.8) is 0 Å². The number of anilines is 1. The van der Waals surface area contributed by atoms with Crippen LogP contribution in [0.15, 0.2) is 24.7 Å². The van der Waals surface area contributed by atoms with Gasteiger partial charge in [0.15, 0.2) is 0 Å². The summed E-state index contributed by atoms with van der Waals surface area (Å²) in [5.41, 5.74) is 1.58. The Morgan fingerprint density at radius 3 is 3.11 bits per heavy atom. The van der Waals surface area contributed by atoms with Crippen LogP contribution in [-0.4, -0.2) is 31.1 Å². The molecule has 0 saturated carbocycles. The third-order valence-corrected chi connectivity index (χ3v) is 2.58. The molecule has 19 heavy (non-hydrogen) atoms. The second-order valence-corrected chi connectivity index (χ2v) is 4.11. The van der Waals surface area contributed by atoms with Gasteiger partial charge in [-0.3, -0.25) is 9.50 Å². The van der Waals surface area contributed by atoms with Gasteiger partial charge in [-0.2, -0.15) is 4.98 Å². The van der Waals surface area contributed by atoms with Crippen LogP contribution in [0.4, 0.5) is 5.82 Å². The fraction of sp³-hybridized carbons (Fsp3) is 0.250. The second-order valence-electron chi connectivity index (χ2n) is 4.11. The van der Waals surface area contributed by atoms with Crippen LogP contribution in [0.2, 0.25) is 0 Å². The minimum Gasteiger partial charge on any atom is -0.415 e. The fourth-order valence-electron chi connectivity index (χ4n) is 1.78. The summed E-state index contributed by atoms with van der Waals surface area (Å²) in [6.07, 6.45) is 5.42. The van der Waals surface area contributed by atoms with E-state index in [-0.39, 0.29) is 0 Å². The van der Waals surface area contributed by atoms with E-state index in [0.29, 0.717) is 17.4 Å². The van der Waals surface area contributed by atoms with Crippen LogP contribution < -0.4 is 10.1 Å². The first-order chi connectivity index (χ1) is 9.26. The molecule has 0 spiro atoms. The van der Waals surface area contributed by atoms with Crippen molar-refractivity contribution in [2.45, 2.75) is 13.8 Å². The first-order valence-corrected chi connectivity index (χ1v) is 6.03. The molecule has 98 valence electrons. The molecule has 3 aromatic heterocycles. The lowest BCUT2D eigenvalue weighted by molar-refractivity contribution is 0.446. The van der Waals surface area contributed by atoms with Gasteiger partial charge in [0.1, 0.15) is 5.82 Å². The third kappa shape index (κ3) is 2.22. The van der Waals surface area contributed by atoms with Crippen molar-refractivity contribution in [2.75, 3.05) is 11.9 Å². The largest absolute Gasteiger partial charge is 0.415 e. The van der Waals surface area contributed by atoms with Crippen LogP contribution in [-0.2, 0) is 0 Å². The van der Waals surface area contributed by atoms with Gasteiger partial charge in [-0.25, -0.2) is 4.98 Å². The highest BCUT2D eigenvalue weighted by molar-refractivity contribution is 5.54. The minimum atomic E-state index is 0.426. The molecular formula is C12H14N6O. The molecule has 0 bridgehead atoms. The van der Waals surface area contributed by atoms with Crippen LogP contribution in [0.25, 0.3) is 5.65 Å². The Balaban J connectivity index is 2.02. The molecule has 0 unspecified atom stereocenters. The number of ether oxygens (including phenoxy) is 1. The highest BCUT2D eigenvalue weighted by Crippen LogP contribution is 2.23. The van der Waals surface area contributed by atoms with Crippen molar-refractivity contribution >= 4 is 11.5 Å². The van der Waals surface area contributed by atoms with E-state index in [1.54, 1.807) is 12.3 Å². The number of aryl methyl sites for hydroxylation is 1. The molecular weight excluding hydrogens is 244 g/mol. The van der Waals surface area contributed by atoms with Crippen molar-refractivity contribution in [2.24, 2.45) is 0 Å². The van der Waals surface area contributed by atoms with Crippen molar-refractivity contribution in [1.29, 1.82) is 0 Å². The van der Waals surface area contributed by atoms with Gasteiger partial charge >= 0.3 is 0 Å². The Morgan fingerprint density at radius 1 is 1.47 bits per heavy atom. The summed E-state index contributed by atoms with van der Waals surface area (Å²) in [6.45, 7) is 4.71. The molecule has 0 saturated heterocycles. The molecule has 0 aliphatic rings. The van der Waals surface area contributed by atoms with Gasteiger partial charge in [0.2, 0.25) is 11.5 Å². The van der Waals surface area contributed by atoms with Crippen LogP contribution in [0, 0.1) is 6.92 Å². The summed E-state index contributed by atoms with van der Waals surface area (Å²) in [7, 11) is 0. The van der Waals surface area contributed by atoms with Gasteiger partial charge in [0.05, 0.1) is 6.20 Å². The predicted molar refractivity (Wildman–Crippen MR) is 70.5 cm³/mol. The Morgan fingerprint density at radius 2 is 2.37 bits per heavy atom. The quantitative estimate of drug-likeness (QED) is 0.748. The van der Waals surface area contributed by atoms with E-state index in [2.05, 4.69) is 25.5 Å². The van der Waals surface area contributed by atoms with Crippen LogP contribution in [0.3, 0.4) is 0 Å². The Kier molecular flexibility index (Phi) is 2.79. The number of hydrogen-bond donors (Lipinski definition) is 2. The molecule has 3 aromatic rings. The zero-order chi connectivity index (χ0) is 13.2. The maximum atomic E-state index is 5.68. The summed E-state index contributed by atoms with van der Waals surface area (Å²) in [4.78, 5) is 8.63. The average molecular weight is 258 g/mol. The van der Waals surface area contributed by atoms with Gasteiger partial charge in [-0.05, 0) is 13.8 Å². The van der Waals surface area contributed by atoms with Crippen molar-refractivity contribution < 1.29 is 4.74 Å². The number of aromatic nitrogens is 5. The number of nitrogens with zero attached hydrogens (tertiary/aromatic N) is 4. The van der Waals surface area contributed by atoms with Crippen LogP contribution in [0.1, 0.15) is 12.6 Å². The standard InChI is InChI=1S/C12H14N6O/c1-3-13-9-7-18-5-4-14-11(18)12(15-9)19-10-6-8(2)16-17-10/h4-7,13H,3H2,1-2H3,(H,16,17). The monoisotopic (exact) mass is 258 g/mol. The molecule has 2 N–H and O–H groups in total. The Hall–Kier alpha value is -2.57. The molecule has 7 heteroatoms. The highest BCUT2D eigenvalue weighted by Gasteiger charge is 2.11. The van der Waals surface area contributed by atoms with Gasteiger partial charge in [-0.1, -0.05) is 0 Å². The van der Waals surface area contributed by atoms with Crippen molar-refractivity contribution in [1.82, 2.24) is 24.6 Å². The molecule has 0 aliphatic heterocycles. The summed E-state index contributed by atoms with van der Waals surface area (Å²) in [5, 5.41) is 10.0. The number of fused-ring (bicyclic) bond motifs is 1. The first kappa shape index (κ1) is 11.5. The van der Waals surface area contributed by atoms with Gasteiger partial charge in [0, 0.05) is 30.7 Å². The first-order valence-electron chi connectivity index (χ1n) is 6.03. The van der Waals surface area contributed by atoms with Crippen LogP contribution in [0.5, 0.6) is 11.8 Å². The maximum absolute atomic E-state index is 5.68. The lowest BCUT2D eigenvalue weighted by Gasteiger charge is -2.07. The normalized spacial score (nSPS) is 10.8. The topological polar surface area (TPSA) is 80.1 Å². The van der Waals surface area contributed by atoms with E-state index in [0.717, 1.165) is 18.1 Å². The lowest BCUT2D eigenvalue weighted by Crippen LogP contribution is -2.03. The number of hydrogen-bond acceptors (Lipinski definition) is 5. The van der Waals surface area contributed by atoms with Crippen LogP contribution >= 0.6 is 0 Å². The molecule has 0 aliphatic carbocycles. The van der Waals surface area contributed by atoms with Crippen molar-refractivity contribution in [3.8, 4) is 11.8 Å². The maximum Gasteiger partial charge on any atom is 0.267 e. The number of nitrogens with one attached hydrogen (secondary N) is 2. The van der Waals surface area contributed by atoms with E-state index < -0.39 is 0 Å². The summed E-state index contributed by atoms with van der Waals surface area (Å²) >= 11 is 0. The molecule has 0 fully saturated rings. The molecule has 0 aromatic carbocycles. The molecule has 7 nitrogen and oxygen atoms in total. The Bertz CT molecular complexity index is 701. The summed E-state index contributed by atoms with van der Waals surface area (Å²) in [5.74, 6) is 1.63. The second kappa shape index (κ2) is 4.60. The minimum absolute atomic E-state index is 0.426. The molecule has 0 atom stereocenters. The number of imidazole rings is 1. The van der Waals surface area contributed by atoms with Gasteiger partial charge < -0.3 is 10.1 Å². The van der Waals surface area contributed by atoms with E-state index in [4.69, 9.17) is 4.74 Å². The zero-order valence-electron chi connectivity index (χ0n) is 10.7. The summed E-state index contributed by atoms with van der Waals surface area (Å²) in [6, 6.07) is 1.81. The van der Waals surface area contributed by atoms with E-state index in [1.807, 2.05) is 30.6 Å². The third-order valence-electron chi connectivity index (χ3n) is 2.58. The summed E-state index contributed by atoms with van der Waals surface area (Å²) < 4.78 is 7.54. The lowest BCUT2D eigenvalue weighted by atomic mass is 10.5. The average Bonchev–Trinajstić information content (AvgIpc) is 2.99.